The first kappa shape index (κ1) is 21.8. The summed E-state index contributed by atoms with van der Waals surface area (Å²) in [6.07, 6.45) is 1.67. The number of nitrogens with one attached hydrogen (secondary N) is 1. The van der Waals surface area contributed by atoms with E-state index in [1.807, 2.05) is 24.3 Å². The summed E-state index contributed by atoms with van der Waals surface area (Å²) in [6, 6.07) is 14.7. The molecule has 0 radical (unpaired) electrons. The SMILES string of the molecule is Cc1ccc(C(=O)N2CCC(c3ccc(C#N)cc3)CC2)cc1NS(=O)(=O)CCO. The summed E-state index contributed by atoms with van der Waals surface area (Å²) in [7, 11) is -3.66. The summed E-state index contributed by atoms with van der Waals surface area (Å²) in [4.78, 5) is 14.7. The first-order valence-corrected chi connectivity index (χ1v) is 11.5. The third-order valence-electron chi connectivity index (χ3n) is 5.40. The lowest BCUT2D eigenvalue weighted by atomic mass is 9.89. The number of aryl methyl sites for hydroxylation is 1. The Kier molecular flexibility index (Phi) is 6.75. The number of aliphatic hydroxyl groups is 1. The van der Waals surface area contributed by atoms with Crippen LogP contribution in [0.4, 0.5) is 5.69 Å². The molecular weight excluding hydrogens is 402 g/mol. The van der Waals surface area contributed by atoms with Crippen molar-refractivity contribution >= 4 is 21.6 Å². The minimum absolute atomic E-state index is 0.129. The van der Waals surface area contributed by atoms with Gasteiger partial charge in [0.2, 0.25) is 10.0 Å². The van der Waals surface area contributed by atoms with Gasteiger partial charge in [-0.1, -0.05) is 18.2 Å². The second-order valence-electron chi connectivity index (χ2n) is 7.47. The topological polar surface area (TPSA) is 111 Å². The summed E-state index contributed by atoms with van der Waals surface area (Å²) in [5.41, 5.74) is 3.29. The Morgan fingerprint density at radius 1 is 1.20 bits per heavy atom. The highest BCUT2D eigenvalue weighted by Gasteiger charge is 2.25. The predicted molar refractivity (Wildman–Crippen MR) is 115 cm³/mol. The third kappa shape index (κ3) is 5.17. The van der Waals surface area contributed by atoms with Crippen LogP contribution in [0.3, 0.4) is 0 Å². The van der Waals surface area contributed by atoms with Crippen LogP contribution in [-0.4, -0.2) is 49.8 Å². The summed E-state index contributed by atoms with van der Waals surface area (Å²) < 4.78 is 26.4. The first-order valence-electron chi connectivity index (χ1n) is 9.84. The number of hydrogen-bond acceptors (Lipinski definition) is 5. The van der Waals surface area contributed by atoms with Crippen LogP contribution in [0, 0.1) is 18.3 Å². The molecule has 0 unspecified atom stereocenters. The van der Waals surface area contributed by atoms with Gasteiger partial charge in [0.1, 0.15) is 0 Å². The molecule has 158 valence electrons. The minimum Gasteiger partial charge on any atom is -0.395 e. The Hall–Kier alpha value is -2.89. The van der Waals surface area contributed by atoms with Crippen LogP contribution in [0.1, 0.15) is 45.8 Å². The van der Waals surface area contributed by atoms with Crippen LogP contribution in [-0.2, 0) is 10.0 Å². The molecule has 1 aliphatic rings. The average molecular weight is 428 g/mol. The van der Waals surface area contributed by atoms with Crippen LogP contribution in [0.15, 0.2) is 42.5 Å². The maximum atomic E-state index is 13.0. The van der Waals surface area contributed by atoms with Crippen molar-refractivity contribution in [2.24, 2.45) is 0 Å². The summed E-state index contributed by atoms with van der Waals surface area (Å²) >= 11 is 0. The van der Waals surface area contributed by atoms with Crippen molar-refractivity contribution in [2.75, 3.05) is 30.2 Å². The van der Waals surface area contributed by atoms with E-state index in [0.717, 1.165) is 12.8 Å². The third-order valence-corrected chi connectivity index (χ3v) is 6.65. The molecule has 1 saturated heterocycles. The number of piperidine rings is 1. The standard InChI is InChI=1S/C22H25N3O4S/c1-16-2-5-20(14-21(16)24-30(28,29)13-12-26)22(27)25-10-8-19(9-11-25)18-6-3-17(15-23)4-7-18/h2-7,14,19,24,26H,8-13H2,1H3. The van der Waals surface area contributed by atoms with Crippen LogP contribution >= 0.6 is 0 Å². The fourth-order valence-electron chi connectivity index (χ4n) is 3.63. The minimum atomic E-state index is -3.66. The molecule has 7 nitrogen and oxygen atoms in total. The normalized spacial score (nSPS) is 14.9. The zero-order chi connectivity index (χ0) is 21.7. The number of rotatable bonds is 6. The van der Waals surface area contributed by atoms with Crippen LogP contribution in [0.2, 0.25) is 0 Å². The molecule has 0 bridgehead atoms. The van der Waals surface area contributed by atoms with E-state index in [9.17, 15) is 13.2 Å². The quantitative estimate of drug-likeness (QED) is 0.736. The number of carbonyl (C=O) groups excluding carboxylic acids is 1. The monoisotopic (exact) mass is 427 g/mol. The van der Waals surface area contributed by atoms with E-state index < -0.39 is 22.4 Å². The Morgan fingerprint density at radius 2 is 1.87 bits per heavy atom. The maximum absolute atomic E-state index is 13.0. The molecule has 2 N–H and O–H groups in total. The lowest BCUT2D eigenvalue weighted by molar-refractivity contribution is 0.0713. The second-order valence-corrected chi connectivity index (χ2v) is 9.32. The van der Waals surface area contributed by atoms with E-state index in [1.54, 1.807) is 30.0 Å². The molecule has 1 fully saturated rings. The largest absolute Gasteiger partial charge is 0.395 e. The molecule has 8 heteroatoms. The molecule has 0 aromatic heterocycles. The van der Waals surface area contributed by atoms with Gasteiger partial charge in [0, 0.05) is 18.7 Å². The van der Waals surface area contributed by atoms with Gasteiger partial charge >= 0.3 is 0 Å². The van der Waals surface area contributed by atoms with Gasteiger partial charge in [0.15, 0.2) is 0 Å². The number of likely N-dealkylation sites (tertiary alicyclic amines) is 1. The molecule has 30 heavy (non-hydrogen) atoms. The van der Waals surface area contributed by atoms with Gasteiger partial charge in [-0.15, -0.1) is 0 Å². The Balaban J connectivity index is 1.67. The van der Waals surface area contributed by atoms with Crippen molar-refractivity contribution in [2.45, 2.75) is 25.7 Å². The van der Waals surface area contributed by atoms with Crippen LogP contribution < -0.4 is 4.72 Å². The summed E-state index contributed by atoms with van der Waals surface area (Å²) in [6.45, 7) is 2.52. The molecule has 3 rings (SSSR count). The van der Waals surface area contributed by atoms with Gasteiger partial charge in [-0.2, -0.15) is 5.26 Å². The van der Waals surface area contributed by atoms with Crippen molar-refractivity contribution in [3.63, 3.8) is 0 Å². The van der Waals surface area contributed by atoms with E-state index in [0.29, 0.717) is 41.4 Å². The van der Waals surface area contributed by atoms with E-state index >= 15 is 0 Å². The van der Waals surface area contributed by atoms with E-state index in [-0.39, 0.29) is 5.91 Å². The average Bonchev–Trinajstić information content (AvgIpc) is 2.75. The van der Waals surface area contributed by atoms with Crippen molar-refractivity contribution in [1.82, 2.24) is 4.90 Å². The lowest BCUT2D eigenvalue weighted by Gasteiger charge is -2.32. The number of hydrogen-bond donors (Lipinski definition) is 2. The van der Waals surface area contributed by atoms with Gasteiger partial charge < -0.3 is 10.0 Å². The van der Waals surface area contributed by atoms with Crippen LogP contribution in [0.5, 0.6) is 0 Å². The molecule has 1 amide bonds. The van der Waals surface area contributed by atoms with Crippen LogP contribution in [0.25, 0.3) is 0 Å². The summed E-state index contributed by atoms with van der Waals surface area (Å²) in [5.74, 6) is -0.176. The van der Waals surface area contributed by atoms with Crippen molar-refractivity contribution in [3.8, 4) is 6.07 Å². The highest BCUT2D eigenvalue weighted by Crippen LogP contribution is 2.29. The van der Waals surface area contributed by atoms with E-state index in [4.69, 9.17) is 10.4 Å². The molecule has 0 atom stereocenters. The predicted octanol–water partition coefficient (Wildman–Crippen LogP) is 2.62. The number of nitrogens with zero attached hydrogens (tertiary/aromatic N) is 2. The number of carbonyl (C=O) groups is 1. The van der Waals surface area contributed by atoms with Gasteiger partial charge in [-0.3, -0.25) is 9.52 Å². The highest BCUT2D eigenvalue weighted by molar-refractivity contribution is 7.92. The van der Waals surface area contributed by atoms with E-state index in [1.165, 1.54) is 5.56 Å². The maximum Gasteiger partial charge on any atom is 0.253 e. The highest BCUT2D eigenvalue weighted by atomic mass is 32.2. The fraction of sp³-hybridized carbons (Fsp3) is 0.364. The molecule has 0 spiro atoms. The number of amides is 1. The van der Waals surface area contributed by atoms with Gasteiger partial charge in [0.25, 0.3) is 5.91 Å². The van der Waals surface area contributed by atoms with E-state index in [2.05, 4.69) is 10.8 Å². The summed E-state index contributed by atoms with van der Waals surface area (Å²) in [5, 5.41) is 17.8. The lowest BCUT2D eigenvalue weighted by Crippen LogP contribution is -2.38. The zero-order valence-corrected chi connectivity index (χ0v) is 17.7. The molecule has 0 saturated carbocycles. The second kappa shape index (κ2) is 9.28. The van der Waals surface area contributed by atoms with Gasteiger partial charge in [-0.05, 0) is 61.1 Å². The number of aliphatic hydroxyl groups excluding tert-OH is 1. The Labute approximate surface area is 177 Å². The number of sulfonamides is 1. The Morgan fingerprint density at radius 3 is 2.47 bits per heavy atom. The zero-order valence-electron chi connectivity index (χ0n) is 16.8. The molecular formula is C22H25N3O4S. The molecule has 1 aliphatic heterocycles. The van der Waals surface area contributed by atoms with Crippen molar-refractivity contribution < 1.29 is 18.3 Å². The number of nitriles is 1. The molecule has 2 aromatic rings. The molecule has 2 aromatic carbocycles. The Bertz CT molecular complexity index is 1050. The van der Waals surface area contributed by atoms with Crippen molar-refractivity contribution in [3.05, 3.63) is 64.7 Å². The first-order chi connectivity index (χ1) is 14.3. The number of benzene rings is 2. The van der Waals surface area contributed by atoms with Gasteiger partial charge in [0.05, 0.1) is 29.7 Å². The van der Waals surface area contributed by atoms with Gasteiger partial charge in [-0.25, -0.2) is 8.42 Å². The number of anilines is 1. The smallest absolute Gasteiger partial charge is 0.253 e. The fourth-order valence-corrected chi connectivity index (χ4v) is 4.53. The molecule has 0 aliphatic carbocycles. The van der Waals surface area contributed by atoms with Crippen molar-refractivity contribution in [1.29, 1.82) is 5.26 Å². The molecule has 1 heterocycles.